The number of nitrogens with one attached hydrogen (secondary N) is 1. The summed E-state index contributed by atoms with van der Waals surface area (Å²) >= 11 is 7.46. The van der Waals surface area contributed by atoms with E-state index in [4.69, 9.17) is 11.6 Å². The van der Waals surface area contributed by atoms with Gasteiger partial charge in [-0.2, -0.15) is 0 Å². The Labute approximate surface area is 177 Å². The summed E-state index contributed by atoms with van der Waals surface area (Å²) in [4.78, 5) is 16.1. The van der Waals surface area contributed by atoms with Crippen molar-refractivity contribution in [2.24, 2.45) is 5.92 Å². The predicted octanol–water partition coefficient (Wildman–Crippen LogP) is 5.93. The molecule has 1 fully saturated rings. The molecule has 0 saturated carbocycles. The average molecular weight is 417 g/mol. The van der Waals surface area contributed by atoms with Crippen LogP contribution in [0.15, 0.2) is 53.4 Å². The number of amides is 1. The highest BCUT2D eigenvalue weighted by Crippen LogP contribution is 2.27. The van der Waals surface area contributed by atoms with E-state index in [1.807, 2.05) is 38.1 Å². The minimum atomic E-state index is -0.168. The van der Waals surface area contributed by atoms with Crippen LogP contribution in [-0.4, -0.2) is 24.2 Å². The second-order valence-corrected chi connectivity index (χ2v) is 9.56. The normalized spacial score (nSPS) is 17.2. The number of thioether (sulfide) groups is 1. The summed E-state index contributed by atoms with van der Waals surface area (Å²) < 4.78 is 0. The summed E-state index contributed by atoms with van der Waals surface area (Å²) in [6.07, 6.45) is 2.52. The van der Waals surface area contributed by atoms with Crippen LogP contribution in [0.1, 0.15) is 45.2 Å². The highest BCUT2D eigenvalue weighted by atomic mass is 35.5. The fourth-order valence-corrected chi connectivity index (χ4v) is 4.43. The van der Waals surface area contributed by atoms with Gasteiger partial charge in [-0.25, -0.2) is 0 Å². The van der Waals surface area contributed by atoms with Crippen molar-refractivity contribution in [3.05, 3.63) is 59.1 Å². The Balaban J connectivity index is 1.53. The Morgan fingerprint density at radius 2 is 1.68 bits per heavy atom. The molecule has 0 bridgehead atoms. The molecule has 0 radical (unpaired) electrons. The maximum atomic E-state index is 12.6. The number of anilines is 1. The van der Waals surface area contributed by atoms with Gasteiger partial charge in [0.2, 0.25) is 5.91 Å². The van der Waals surface area contributed by atoms with Crippen LogP contribution in [0.25, 0.3) is 0 Å². The van der Waals surface area contributed by atoms with Gasteiger partial charge >= 0.3 is 0 Å². The lowest BCUT2D eigenvalue weighted by atomic mass is 9.98. The smallest absolute Gasteiger partial charge is 0.233 e. The Morgan fingerprint density at radius 1 is 1.07 bits per heavy atom. The minimum absolute atomic E-state index is 0.0174. The van der Waals surface area contributed by atoms with Gasteiger partial charge in [-0.05, 0) is 74.6 Å². The van der Waals surface area contributed by atoms with Gasteiger partial charge in [0.25, 0.3) is 0 Å². The molecule has 150 valence electrons. The standard InChI is InChI=1S/C23H29ClN2OS/c1-16-12-14-26(15-13-16)21-8-4-19(5-9-21)17(2)25-23(27)18(3)28-22-10-6-20(24)7-11-22/h4-11,16-18H,12-15H2,1-3H3,(H,25,27)/t17-,18-/m0/s1. The quantitative estimate of drug-likeness (QED) is 0.592. The number of benzene rings is 2. The van der Waals surface area contributed by atoms with Crippen LogP contribution in [0.2, 0.25) is 5.02 Å². The minimum Gasteiger partial charge on any atom is -0.372 e. The van der Waals surface area contributed by atoms with E-state index in [9.17, 15) is 4.79 Å². The van der Waals surface area contributed by atoms with Crippen LogP contribution in [0, 0.1) is 5.92 Å². The summed E-state index contributed by atoms with van der Waals surface area (Å²) in [7, 11) is 0. The number of hydrogen-bond acceptors (Lipinski definition) is 3. The number of rotatable bonds is 6. The number of halogens is 1. The highest BCUT2D eigenvalue weighted by molar-refractivity contribution is 8.00. The number of carbonyl (C=O) groups is 1. The number of hydrogen-bond donors (Lipinski definition) is 1. The van der Waals surface area contributed by atoms with Crippen molar-refractivity contribution in [3.8, 4) is 0 Å². The van der Waals surface area contributed by atoms with Crippen molar-refractivity contribution in [2.45, 2.75) is 49.8 Å². The molecule has 5 heteroatoms. The average Bonchev–Trinajstić information content (AvgIpc) is 2.70. The van der Waals surface area contributed by atoms with Crippen molar-refractivity contribution in [2.75, 3.05) is 18.0 Å². The molecule has 1 aliphatic heterocycles. The Bertz CT molecular complexity index is 770. The lowest BCUT2D eigenvalue weighted by Crippen LogP contribution is -2.33. The number of nitrogens with zero attached hydrogens (tertiary/aromatic N) is 1. The van der Waals surface area contributed by atoms with Crippen LogP contribution in [0.3, 0.4) is 0 Å². The predicted molar refractivity (Wildman–Crippen MR) is 120 cm³/mol. The number of carbonyl (C=O) groups excluding carboxylic acids is 1. The van der Waals surface area contributed by atoms with Crippen molar-refractivity contribution >= 4 is 35.0 Å². The van der Waals surface area contributed by atoms with E-state index in [1.54, 1.807) is 11.8 Å². The van der Waals surface area contributed by atoms with Crippen molar-refractivity contribution in [1.82, 2.24) is 5.32 Å². The molecule has 1 N–H and O–H groups in total. The Morgan fingerprint density at radius 3 is 2.29 bits per heavy atom. The first-order chi connectivity index (χ1) is 13.4. The molecule has 2 aromatic rings. The highest BCUT2D eigenvalue weighted by Gasteiger charge is 2.19. The fourth-order valence-electron chi connectivity index (χ4n) is 3.43. The summed E-state index contributed by atoms with van der Waals surface area (Å²) in [5.41, 5.74) is 2.41. The van der Waals surface area contributed by atoms with Crippen LogP contribution in [0.5, 0.6) is 0 Å². The molecule has 1 amide bonds. The molecule has 0 spiro atoms. The van der Waals surface area contributed by atoms with E-state index in [2.05, 4.69) is 41.4 Å². The zero-order chi connectivity index (χ0) is 20.1. The van der Waals surface area contributed by atoms with Crippen molar-refractivity contribution in [3.63, 3.8) is 0 Å². The first-order valence-electron chi connectivity index (χ1n) is 10.00. The third kappa shape index (κ3) is 5.68. The summed E-state index contributed by atoms with van der Waals surface area (Å²) in [5, 5.41) is 3.67. The third-order valence-electron chi connectivity index (χ3n) is 5.40. The largest absolute Gasteiger partial charge is 0.372 e. The topological polar surface area (TPSA) is 32.3 Å². The Kier molecular flexibility index (Phi) is 7.30. The maximum Gasteiger partial charge on any atom is 0.233 e. The zero-order valence-corrected chi connectivity index (χ0v) is 18.4. The van der Waals surface area contributed by atoms with E-state index in [1.165, 1.54) is 18.5 Å². The second-order valence-electron chi connectivity index (χ2n) is 7.71. The lowest BCUT2D eigenvalue weighted by molar-refractivity contribution is -0.120. The van der Waals surface area contributed by atoms with E-state index < -0.39 is 0 Å². The first kappa shape index (κ1) is 21.1. The van der Waals surface area contributed by atoms with Crippen LogP contribution >= 0.6 is 23.4 Å². The van der Waals surface area contributed by atoms with Crippen LogP contribution in [0.4, 0.5) is 5.69 Å². The molecular formula is C23H29ClN2OS. The maximum absolute atomic E-state index is 12.6. The SMILES string of the molecule is CC1CCN(c2ccc([C@H](C)NC(=O)[C@H](C)Sc3ccc(Cl)cc3)cc2)CC1. The molecule has 3 rings (SSSR count). The molecule has 2 aromatic carbocycles. The molecule has 1 heterocycles. The first-order valence-corrected chi connectivity index (χ1v) is 11.3. The molecule has 0 unspecified atom stereocenters. The van der Waals surface area contributed by atoms with E-state index in [0.29, 0.717) is 5.02 Å². The molecule has 1 aliphatic rings. The van der Waals surface area contributed by atoms with Crippen LogP contribution in [-0.2, 0) is 4.79 Å². The van der Waals surface area contributed by atoms with Crippen molar-refractivity contribution in [1.29, 1.82) is 0 Å². The monoisotopic (exact) mass is 416 g/mol. The third-order valence-corrected chi connectivity index (χ3v) is 6.76. The molecule has 28 heavy (non-hydrogen) atoms. The van der Waals surface area contributed by atoms with Crippen molar-refractivity contribution < 1.29 is 4.79 Å². The molecule has 3 nitrogen and oxygen atoms in total. The molecule has 0 aliphatic carbocycles. The van der Waals surface area contributed by atoms with Gasteiger partial charge in [-0.15, -0.1) is 11.8 Å². The van der Waals surface area contributed by atoms with Crippen LogP contribution < -0.4 is 10.2 Å². The lowest BCUT2D eigenvalue weighted by Gasteiger charge is -2.32. The molecule has 0 aromatic heterocycles. The van der Waals surface area contributed by atoms with Gasteiger partial charge in [0.1, 0.15) is 0 Å². The summed E-state index contributed by atoms with van der Waals surface area (Å²) in [6.45, 7) is 8.56. The van der Waals surface area contributed by atoms with Gasteiger partial charge in [0.05, 0.1) is 11.3 Å². The summed E-state index contributed by atoms with van der Waals surface area (Å²) in [6, 6.07) is 16.2. The van der Waals surface area contributed by atoms with Gasteiger partial charge < -0.3 is 10.2 Å². The second kappa shape index (κ2) is 9.71. The molecular weight excluding hydrogens is 388 g/mol. The van der Waals surface area contributed by atoms with Gasteiger partial charge in [0, 0.05) is 28.7 Å². The van der Waals surface area contributed by atoms with E-state index in [0.717, 1.165) is 29.5 Å². The van der Waals surface area contributed by atoms with E-state index >= 15 is 0 Å². The van der Waals surface area contributed by atoms with Gasteiger partial charge in [-0.1, -0.05) is 30.7 Å². The molecule has 2 atom stereocenters. The number of piperidine rings is 1. The zero-order valence-electron chi connectivity index (χ0n) is 16.8. The van der Waals surface area contributed by atoms with Gasteiger partial charge in [-0.3, -0.25) is 4.79 Å². The molecule has 1 saturated heterocycles. The summed E-state index contributed by atoms with van der Waals surface area (Å²) in [5.74, 6) is 0.875. The fraction of sp³-hybridized carbons (Fsp3) is 0.435. The Hall–Kier alpha value is -1.65. The van der Waals surface area contributed by atoms with Gasteiger partial charge in [0.15, 0.2) is 0 Å². The van der Waals surface area contributed by atoms with E-state index in [-0.39, 0.29) is 17.2 Å².